The Morgan fingerprint density at radius 3 is 1.19 bits per heavy atom. The fourth-order valence-corrected chi connectivity index (χ4v) is 3.11. The molecule has 0 saturated carbocycles. The van der Waals surface area contributed by atoms with Crippen LogP contribution in [0.4, 0.5) is 0 Å². The second kappa shape index (κ2) is 8.34. The summed E-state index contributed by atoms with van der Waals surface area (Å²) in [5, 5.41) is 0. The number of hydrogen-bond acceptors (Lipinski definition) is 4. The monoisotopic (exact) mass is 385 g/mol. The van der Waals surface area contributed by atoms with E-state index in [1.165, 1.54) is 0 Å². The molecule has 2 aromatic carbocycles. The summed E-state index contributed by atoms with van der Waals surface area (Å²) in [4.78, 5) is 12.1. The molecule has 0 spiro atoms. The summed E-state index contributed by atoms with van der Waals surface area (Å²) in [5.74, 6) is 0.468. The van der Waals surface area contributed by atoms with Gasteiger partial charge in [0.2, 0.25) is 0 Å². The van der Waals surface area contributed by atoms with Crippen LogP contribution in [0.3, 0.4) is 0 Å². The molecule has 0 atom stereocenters. The van der Waals surface area contributed by atoms with Crippen LogP contribution >= 0.6 is 7.82 Å². The van der Waals surface area contributed by atoms with E-state index in [-0.39, 0.29) is 45.4 Å². The van der Waals surface area contributed by atoms with Gasteiger partial charge in [-0.15, -0.1) is 0 Å². The first-order valence-electron chi connectivity index (χ1n) is 8.28. The first-order valence-corrected chi connectivity index (χ1v) is 9.74. The second-order valence-electron chi connectivity index (χ2n) is 8.18. The third-order valence-electron chi connectivity index (χ3n) is 3.88. The van der Waals surface area contributed by atoms with Crippen molar-refractivity contribution in [3.63, 3.8) is 0 Å². The zero-order valence-electron chi connectivity index (χ0n) is 16.4. The molecule has 0 aliphatic heterocycles. The third-order valence-corrected chi connectivity index (χ3v) is 4.74. The maximum Gasteiger partial charge on any atom is 2.00 e. The number of benzene rings is 2. The Kier molecular flexibility index (Phi) is 7.39. The molecule has 136 valence electrons. The van der Waals surface area contributed by atoms with Crippen molar-refractivity contribution in [2.24, 2.45) is 0 Å². The normalized spacial score (nSPS) is 12.3. The Labute approximate surface area is 172 Å². The Hall–Kier alpha value is -1.00. The van der Waals surface area contributed by atoms with Crippen molar-refractivity contribution in [3.8, 4) is 11.5 Å². The molecule has 0 aliphatic rings. The maximum absolute atomic E-state index is 12.1. The standard InChI is InChI=1S/C20H27O4P.Mg/c1-19(2,3)15-7-11-17(12-8-15)23-25(21,22)24-18-13-9-16(10-14-18)20(4,5)6;/h7-14H,1-6H3,(H,21,22);/q;+2/p-1. The molecule has 0 radical (unpaired) electrons. The summed E-state index contributed by atoms with van der Waals surface area (Å²) in [7, 11) is -4.50. The van der Waals surface area contributed by atoms with E-state index >= 15 is 0 Å². The minimum atomic E-state index is -4.50. The quantitative estimate of drug-likeness (QED) is 0.559. The van der Waals surface area contributed by atoms with Gasteiger partial charge in [-0.25, -0.2) is 4.57 Å². The molecule has 0 N–H and O–H groups in total. The van der Waals surface area contributed by atoms with Crippen LogP contribution in [0.5, 0.6) is 11.5 Å². The number of phosphoric ester groups is 1. The molecule has 0 heterocycles. The van der Waals surface area contributed by atoms with Gasteiger partial charge in [0.25, 0.3) is 0 Å². The topological polar surface area (TPSA) is 58.6 Å². The fourth-order valence-electron chi connectivity index (χ4n) is 2.31. The molecular formula is C20H26MgO4P+. The van der Waals surface area contributed by atoms with E-state index in [1.54, 1.807) is 24.3 Å². The minimum absolute atomic E-state index is 0. The van der Waals surface area contributed by atoms with Gasteiger partial charge >= 0.3 is 30.9 Å². The zero-order valence-corrected chi connectivity index (χ0v) is 18.7. The molecule has 0 aliphatic carbocycles. The predicted octanol–water partition coefficient (Wildman–Crippen LogP) is 4.83. The average molecular weight is 386 g/mol. The molecule has 0 unspecified atom stereocenters. The summed E-state index contributed by atoms with van der Waals surface area (Å²) in [5.41, 5.74) is 2.18. The molecule has 2 rings (SSSR count). The molecule has 0 aromatic heterocycles. The first-order chi connectivity index (χ1) is 11.4. The van der Waals surface area contributed by atoms with E-state index < -0.39 is 7.82 Å². The minimum Gasteiger partial charge on any atom is -0.736 e. The van der Waals surface area contributed by atoms with Crippen molar-refractivity contribution in [2.45, 2.75) is 52.4 Å². The summed E-state index contributed by atoms with van der Waals surface area (Å²) >= 11 is 0. The van der Waals surface area contributed by atoms with Crippen LogP contribution < -0.4 is 13.9 Å². The molecule has 0 fully saturated rings. The van der Waals surface area contributed by atoms with E-state index in [2.05, 4.69) is 41.5 Å². The van der Waals surface area contributed by atoms with E-state index in [0.717, 1.165) is 11.1 Å². The molecule has 26 heavy (non-hydrogen) atoms. The van der Waals surface area contributed by atoms with E-state index in [1.807, 2.05) is 24.3 Å². The largest absolute Gasteiger partial charge is 2.00 e. The van der Waals surface area contributed by atoms with Gasteiger partial charge in [0.05, 0.1) is 0 Å². The van der Waals surface area contributed by atoms with Crippen molar-refractivity contribution in [1.29, 1.82) is 0 Å². The van der Waals surface area contributed by atoms with Crippen LogP contribution in [-0.4, -0.2) is 23.1 Å². The van der Waals surface area contributed by atoms with E-state index in [4.69, 9.17) is 9.05 Å². The van der Waals surface area contributed by atoms with Crippen LogP contribution in [0.2, 0.25) is 0 Å². The van der Waals surface area contributed by atoms with Crippen molar-refractivity contribution in [2.75, 3.05) is 0 Å². The van der Waals surface area contributed by atoms with Gasteiger partial charge in [-0.2, -0.15) is 0 Å². The van der Waals surface area contributed by atoms with Crippen molar-refractivity contribution < 1.29 is 18.5 Å². The molecule has 6 heteroatoms. The Balaban J connectivity index is 0.00000338. The summed E-state index contributed by atoms with van der Waals surface area (Å²) in [6.07, 6.45) is 0. The maximum atomic E-state index is 12.1. The molecular weight excluding hydrogens is 359 g/mol. The van der Waals surface area contributed by atoms with E-state index in [0.29, 0.717) is 0 Å². The molecule has 2 aromatic rings. The van der Waals surface area contributed by atoms with Gasteiger partial charge in [-0.3, -0.25) is 0 Å². The molecule has 0 bridgehead atoms. The SMILES string of the molecule is CC(C)(C)c1ccc(OP(=O)([O-])Oc2ccc(C(C)(C)C)cc2)cc1.[Mg+2]. The van der Waals surface area contributed by atoms with Crippen LogP contribution in [0.15, 0.2) is 48.5 Å². The van der Waals surface area contributed by atoms with Gasteiger partial charge in [-0.05, 0) is 46.2 Å². The number of rotatable bonds is 4. The van der Waals surface area contributed by atoms with Crippen LogP contribution in [0.1, 0.15) is 52.7 Å². The van der Waals surface area contributed by atoms with Crippen molar-refractivity contribution >= 4 is 30.9 Å². The Bertz CT molecular complexity index is 693. The van der Waals surface area contributed by atoms with Crippen molar-refractivity contribution in [1.82, 2.24) is 0 Å². The predicted molar refractivity (Wildman–Crippen MR) is 105 cm³/mol. The summed E-state index contributed by atoms with van der Waals surface area (Å²) in [6.45, 7) is 12.5. The molecule has 4 nitrogen and oxygen atoms in total. The summed E-state index contributed by atoms with van der Waals surface area (Å²) in [6, 6.07) is 14.0. The van der Waals surface area contributed by atoms with Gasteiger partial charge in [0.15, 0.2) is 0 Å². The van der Waals surface area contributed by atoms with Gasteiger partial charge in [0.1, 0.15) is 11.5 Å². The average Bonchev–Trinajstić information content (AvgIpc) is 2.45. The van der Waals surface area contributed by atoms with Gasteiger partial charge < -0.3 is 13.9 Å². The Morgan fingerprint density at radius 2 is 0.962 bits per heavy atom. The zero-order chi connectivity index (χ0) is 18.9. The molecule has 0 saturated heterocycles. The Morgan fingerprint density at radius 1 is 0.692 bits per heavy atom. The third kappa shape index (κ3) is 6.62. The first kappa shape index (κ1) is 23.0. The van der Waals surface area contributed by atoms with Crippen LogP contribution in [0.25, 0.3) is 0 Å². The smallest absolute Gasteiger partial charge is 0.736 e. The molecule has 0 amide bonds. The van der Waals surface area contributed by atoms with Crippen LogP contribution in [0, 0.1) is 0 Å². The number of phosphoric acid groups is 1. The van der Waals surface area contributed by atoms with Crippen molar-refractivity contribution in [3.05, 3.63) is 59.7 Å². The number of hydrogen-bond donors (Lipinski definition) is 0. The second-order valence-corrected chi connectivity index (χ2v) is 9.44. The van der Waals surface area contributed by atoms with Gasteiger partial charge in [0, 0.05) is 0 Å². The van der Waals surface area contributed by atoms with E-state index in [9.17, 15) is 9.46 Å². The van der Waals surface area contributed by atoms with Gasteiger partial charge in [-0.1, -0.05) is 65.8 Å². The van der Waals surface area contributed by atoms with Crippen LogP contribution in [-0.2, 0) is 15.4 Å². The summed E-state index contributed by atoms with van der Waals surface area (Å²) < 4.78 is 22.2. The fraction of sp³-hybridized carbons (Fsp3) is 0.400.